The number of benzene rings is 1. The minimum Gasteiger partial charge on any atom is -0.466 e. The number of esters is 2. The fourth-order valence-electron chi connectivity index (χ4n) is 4.29. The van der Waals surface area contributed by atoms with Crippen LogP contribution in [0.4, 0.5) is 5.69 Å². The molecule has 0 saturated heterocycles. The summed E-state index contributed by atoms with van der Waals surface area (Å²) in [6.45, 7) is 2.79. The van der Waals surface area contributed by atoms with Crippen LogP contribution in [0.3, 0.4) is 0 Å². The Morgan fingerprint density at radius 1 is 1.12 bits per heavy atom. The zero-order valence-electron chi connectivity index (χ0n) is 15.3. The molecule has 0 aliphatic carbocycles. The Hall–Kier alpha value is -2.50. The Bertz CT molecular complexity index is 758. The summed E-state index contributed by atoms with van der Waals surface area (Å²) in [6, 6.07) is 7.85. The fraction of sp³-hybridized carbons (Fsp3) is 0.474. The first-order valence-corrected chi connectivity index (χ1v) is 8.31. The monoisotopic (exact) mass is 344 g/mol. The lowest BCUT2D eigenvalue weighted by molar-refractivity contribution is -0.140. The van der Waals surface area contributed by atoms with Gasteiger partial charge in [-0.25, -0.2) is 9.59 Å². The first-order chi connectivity index (χ1) is 11.9. The third-order valence-corrected chi connectivity index (χ3v) is 5.55. The molecule has 6 heteroatoms. The highest BCUT2D eigenvalue weighted by Gasteiger charge is 2.53. The Morgan fingerprint density at radius 2 is 1.76 bits per heavy atom. The van der Waals surface area contributed by atoms with E-state index in [-0.39, 0.29) is 17.2 Å². The molecule has 2 aliphatic heterocycles. The van der Waals surface area contributed by atoms with E-state index in [0.29, 0.717) is 12.1 Å². The van der Waals surface area contributed by atoms with Gasteiger partial charge in [0.25, 0.3) is 0 Å². The zero-order chi connectivity index (χ0) is 18.4. The van der Waals surface area contributed by atoms with Crippen LogP contribution in [-0.2, 0) is 24.5 Å². The minimum absolute atomic E-state index is 0.280. The smallest absolute Gasteiger partial charge is 0.354 e. The first-order valence-electron chi connectivity index (χ1n) is 8.31. The Balaban J connectivity index is 2.29. The van der Waals surface area contributed by atoms with E-state index < -0.39 is 11.9 Å². The first kappa shape index (κ1) is 17.3. The van der Waals surface area contributed by atoms with Crippen LogP contribution in [0.15, 0.2) is 35.5 Å². The topological polar surface area (TPSA) is 59.1 Å². The van der Waals surface area contributed by atoms with E-state index in [2.05, 4.69) is 17.9 Å². The van der Waals surface area contributed by atoms with E-state index in [0.717, 1.165) is 12.1 Å². The van der Waals surface area contributed by atoms with Gasteiger partial charge in [-0.3, -0.25) is 0 Å². The van der Waals surface area contributed by atoms with Gasteiger partial charge in [-0.15, -0.1) is 0 Å². The molecule has 0 aromatic heterocycles. The Morgan fingerprint density at radius 3 is 2.40 bits per heavy atom. The van der Waals surface area contributed by atoms with Gasteiger partial charge in [-0.1, -0.05) is 25.1 Å². The van der Waals surface area contributed by atoms with Gasteiger partial charge in [0.05, 0.1) is 25.8 Å². The van der Waals surface area contributed by atoms with Crippen molar-refractivity contribution < 1.29 is 19.1 Å². The molecular weight excluding hydrogens is 320 g/mol. The zero-order valence-corrected chi connectivity index (χ0v) is 15.3. The molecule has 0 radical (unpaired) electrons. The second-order valence-electron chi connectivity index (χ2n) is 6.87. The maximum atomic E-state index is 12.7. The molecule has 0 fully saturated rings. The number of fused-ring (bicyclic) bond motifs is 3. The fourth-order valence-corrected chi connectivity index (χ4v) is 4.29. The van der Waals surface area contributed by atoms with E-state index in [4.69, 9.17) is 9.47 Å². The number of nitrogens with zero attached hydrogens (tertiary/aromatic N) is 2. The number of rotatable bonds is 2. The third-order valence-electron chi connectivity index (χ3n) is 5.55. The van der Waals surface area contributed by atoms with E-state index in [1.165, 1.54) is 19.8 Å². The highest BCUT2D eigenvalue weighted by molar-refractivity contribution is 6.02. The maximum absolute atomic E-state index is 12.7. The number of methoxy groups -OCH3 is 2. The number of ether oxygens (including phenoxy) is 2. The van der Waals surface area contributed by atoms with Gasteiger partial charge < -0.3 is 19.3 Å². The molecule has 3 rings (SSSR count). The maximum Gasteiger partial charge on any atom is 0.354 e. The SMILES string of the molecule is COC(=O)C1=C(C(=O)OC)N(C)CC[C@@]2(C)c3ccccc3N(C)[C@@H]12. The second-order valence-corrected chi connectivity index (χ2v) is 6.87. The molecular formula is C19H24N2O4. The van der Waals surface area contributed by atoms with Crippen LogP contribution in [0.2, 0.25) is 0 Å². The third kappa shape index (κ3) is 2.39. The molecule has 1 aromatic carbocycles. The summed E-state index contributed by atoms with van der Waals surface area (Å²) < 4.78 is 10.0. The van der Waals surface area contributed by atoms with Crippen LogP contribution in [0.5, 0.6) is 0 Å². The molecule has 0 amide bonds. The molecule has 134 valence electrons. The van der Waals surface area contributed by atoms with E-state index >= 15 is 0 Å². The average Bonchev–Trinajstić information content (AvgIpc) is 2.76. The quantitative estimate of drug-likeness (QED) is 0.761. The van der Waals surface area contributed by atoms with E-state index in [1.54, 1.807) is 4.90 Å². The predicted molar refractivity (Wildman–Crippen MR) is 94.3 cm³/mol. The molecule has 6 nitrogen and oxygen atoms in total. The Kier molecular flexibility index (Phi) is 4.22. The highest BCUT2D eigenvalue weighted by atomic mass is 16.5. The summed E-state index contributed by atoms with van der Waals surface area (Å²) in [7, 11) is 6.44. The summed E-state index contributed by atoms with van der Waals surface area (Å²) in [5.41, 5.74) is 2.59. The standard InChI is InChI=1S/C19H24N2O4/c1-19-10-11-20(2)15(18(23)25-5)14(17(22)24-4)16(19)21(3)13-9-7-6-8-12(13)19/h6-9,16H,10-11H2,1-5H3/t16-,19-/m0/s1. The molecule has 25 heavy (non-hydrogen) atoms. The van der Waals surface area contributed by atoms with Crippen molar-refractivity contribution >= 4 is 17.6 Å². The number of para-hydroxylation sites is 1. The molecule has 0 unspecified atom stereocenters. The summed E-state index contributed by atoms with van der Waals surface area (Å²) >= 11 is 0. The van der Waals surface area contributed by atoms with Gasteiger partial charge in [0.2, 0.25) is 0 Å². The van der Waals surface area contributed by atoms with Crippen LogP contribution in [0, 0.1) is 0 Å². The van der Waals surface area contributed by atoms with Gasteiger partial charge in [0.15, 0.2) is 0 Å². The van der Waals surface area contributed by atoms with Crippen molar-refractivity contribution in [1.29, 1.82) is 0 Å². The molecule has 2 aliphatic rings. The van der Waals surface area contributed by atoms with Crippen molar-refractivity contribution in [2.45, 2.75) is 24.8 Å². The summed E-state index contributed by atoms with van der Waals surface area (Å²) in [5, 5.41) is 0. The lowest BCUT2D eigenvalue weighted by Crippen LogP contribution is -2.45. The van der Waals surface area contributed by atoms with Crippen molar-refractivity contribution in [2.75, 3.05) is 39.8 Å². The van der Waals surface area contributed by atoms with Crippen molar-refractivity contribution in [3.63, 3.8) is 0 Å². The summed E-state index contributed by atoms with van der Waals surface area (Å²) in [5.74, 6) is -1.01. The lowest BCUT2D eigenvalue weighted by Gasteiger charge is -2.34. The number of hydrogen-bond acceptors (Lipinski definition) is 6. The van der Waals surface area contributed by atoms with Crippen LogP contribution in [0.25, 0.3) is 0 Å². The number of anilines is 1. The van der Waals surface area contributed by atoms with Crippen molar-refractivity contribution in [3.8, 4) is 0 Å². The summed E-state index contributed by atoms with van der Waals surface area (Å²) in [4.78, 5) is 29.1. The molecule has 2 atom stereocenters. The van der Waals surface area contributed by atoms with E-state index in [9.17, 15) is 9.59 Å². The largest absolute Gasteiger partial charge is 0.466 e. The van der Waals surface area contributed by atoms with Crippen molar-refractivity contribution in [3.05, 3.63) is 41.1 Å². The highest BCUT2D eigenvalue weighted by Crippen LogP contribution is 2.51. The molecule has 0 bridgehead atoms. The van der Waals surface area contributed by atoms with Gasteiger partial charge in [0, 0.05) is 31.7 Å². The number of likely N-dealkylation sites (N-methyl/N-ethyl adjacent to an activating group) is 2. The van der Waals surface area contributed by atoms with Gasteiger partial charge >= 0.3 is 11.9 Å². The average molecular weight is 344 g/mol. The number of hydrogen-bond donors (Lipinski definition) is 0. The van der Waals surface area contributed by atoms with Crippen LogP contribution in [0.1, 0.15) is 18.9 Å². The predicted octanol–water partition coefficient (Wildman–Crippen LogP) is 1.70. The van der Waals surface area contributed by atoms with E-state index in [1.807, 2.05) is 32.3 Å². The van der Waals surface area contributed by atoms with Gasteiger partial charge in [-0.2, -0.15) is 0 Å². The summed E-state index contributed by atoms with van der Waals surface area (Å²) in [6.07, 6.45) is 0.802. The van der Waals surface area contributed by atoms with Crippen molar-refractivity contribution in [2.24, 2.45) is 0 Å². The molecule has 1 aromatic rings. The number of carbonyl (C=O) groups is 2. The normalized spacial score (nSPS) is 25.2. The van der Waals surface area contributed by atoms with Gasteiger partial charge in [0.1, 0.15) is 5.70 Å². The molecule has 0 saturated carbocycles. The molecule has 0 spiro atoms. The minimum atomic E-state index is -0.517. The second kappa shape index (κ2) is 6.10. The Labute approximate surface area is 148 Å². The van der Waals surface area contributed by atoms with Gasteiger partial charge in [-0.05, 0) is 18.1 Å². The van der Waals surface area contributed by atoms with Crippen LogP contribution in [-0.4, -0.2) is 57.7 Å². The molecule has 2 heterocycles. The van der Waals surface area contributed by atoms with Crippen LogP contribution >= 0.6 is 0 Å². The number of carbonyl (C=O) groups excluding carboxylic acids is 2. The van der Waals surface area contributed by atoms with Crippen molar-refractivity contribution in [1.82, 2.24) is 4.90 Å². The van der Waals surface area contributed by atoms with Crippen LogP contribution < -0.4 is 4.90 Å². The lowest BCUT2D eigenvalue weighted by atomic mass is 9.73. The molecule has 0 N–H and O–H groups in total.